The van der Waals surface area contributed by atoms with E-state index in [4.69, 9.17) is 9.16 Å². The number of hydrogen-bond donors (Lipinski definition) is 0. The minimum Gasteiger partial charge on any atom is -0.497 e. The van der Waals surface area contributed by atoms with Crippen LogP contribution in [0, 0.1) is 0 Å². The fraction of sp³-hybridized carbons (Fsp3) is 0.593. The summed E-state index contributed by atoms with van der Waals surface area (Å²) in [5, 5.41) is 1.21. The Labute approximate surface area is 212 Å². The van der Waals surface area contributed by atoms with Crippen LogP contribution in [-0.2, 0) is 14.6 Å². The summed E-state index contributed by atoms with van der Waals surface area (Å²) in [6.45, 7) is 23.4. The van der Waals surface area contributed by atoms with Crippen molar-refractivity contribution in [3.05, 3.63) is 51.7 Å². The molecule has 33 heavy (non-hydrogen) atoms. The first-order chi connectivity index (χ1) is 14.9. The SMILES string of the molecule is COc1ccc(C2(CCO[Si](C)(C)C(C)(C)C)C=C(Br)C(=O)C([Si](C)(C)C(C)(C)C)=C2)cc1. The van der Waals surface area contributed by atoms with Crippen LogP contribution in [0.15, 0.2) is 46.1 Å². The molecule has 184 valence electrons. The van der Waals surface area contributed by atoms with Gasteiger partial charge in [-0.15, -0.1) is 0 Å². The van der Waals surface area contributed by atoms with E-state index in [1.54, 1.807) is 7.11 Å². The molecule has 1 unspecified atom stereocenters. The molecule has 0 fully saturated rings. The van der Waals surface area contributed by atoms with Gasteiger partial charge in [-0.1, -0.05) is 78.9 Å². The maximum Gasteiger partial charge on any atom is 0.191 e. The summed E-state index contributed by atoms with van der Waals surface area (Å²) in [4.78, 5) is 13.4. The van der Waals surface area contributed by atoms with Gasteiger partial charge in [-0.25, -0.2) is 0 Å². The van der Waals surface area contributed by atoms with Gasteiger partial charge in [0.25, 0.3) is 0 Å². The maximum atomic E-state index is 13.4. The summed E-state index contributed by atoms with van der Waals surface area (Å²) in [6.07, 6.45) is 5.16. The zero-order chi connectivity index (χ0) is 25.5. The summed E-state index contributed by atoms with van der Waals surface area (Å²) in [5.41, 5.74) is 0.745. The third-order valence-corrected chi connectivity index (χ3v) is 18.8. The molecule has 6 heteroatoms. The zero-order valence-corrected chi connectivity index (χ0v) is 26.1. The summed E-state index contributed by atoms with van der Waals surface area (Å²) in [6, 6.07) is 8.25. The second-order valence-electron chi connectivity index (χ2n) is 12.4. The molecule has 0 radical (unpaired) electrons. The number of Topliss-reactive ketones (excluding diaryl/α,β-unsaturated/α-hetero) is 1. The van der Waals surface area contributed by atoms with Crippen LogP contribution in [0.4, 0.5) is 0 Å². The summed E-state index contributed by atoms with van der Waals surface area (Å²) < 4.78 is 12.7. The summed E-state index contributed by atoms with van der Waals surface area (Å²) >= 11 is 3.65. The van der Waals surface area contributed by atoms with E-state index in [1.807, 2.05) is 12.1 Å². The van der Waals surface area contributed by atoms with E-state index < -0.39 is 21.8 Å². The Morgan fingerprint density at radius 3 is 1.91 bits per heavy atom. The predicted octanol–water partition coefficient (Wildman–Crippen LogP) is 8.18. The first-order valence-corrected chi connectivity index (χ1v) is 18.5. The van der Waals surface area contributed by atoms with E-state index in [-0.39, 0.29) is 15.9 Å². The van der Waals surface area contributed by atoms with Crippen molar-refractivity contribution in [2.45, 2.75) is 89.6 Å². The quantitative estimate of drug-likeness (QED) is 0.321. The highest BCUT2D eigenvalue weighted by Crippen LogP contribution is 2.48. The lowest BCUT2D eigenvalue weighted by atomic mass is 9.75. The molecule has 3 nitrogen and oxygen atoms in total. The molecule has 0 amide bonds. The van der Waals surface area contributed by atoms with Crippen molar-refractivity contribution < 1.29 is 14.0 Å². The first kappa shape index (κ1) is 28.3. The molecule has 0 spiro atoms. The van der Waals surface area contributed by atoms with Crippen molar-refractivity contribution in [1.29, 1.82) is 0 Å². The molecular weight excluding hydrogens is 508 g/mol. The van der Waals surface area contributed by atoms with Gasteiger partial charge in [-0.3, -0.25) is 4.79 Å². The van der Waals surface area contributed by atoms with Crippen LogP contribution in [0.1, 0.15) is 53.5 Å². The molecule has 0 saturated heterocycles. The second-order valence-corrected chi connectivity index (χ2v) is 23.3. The molecular formula is C27H43BrO3Si2. The van der Waals surface area contributed by atoms with Gasteiger partial charge in [-0.2, -0.15) is 0 Å². The highest BCUT2D eigenvalue weighted by molar-refractivity contribution is 9.12. The predicted molar refractivity (Wildman–Crippen MR) is 150 cm³/mol. The van der Waals surface area contributed by atoms with E-state index in [9.17, 15) is 4.79 Å². The van der Waals surface area contributed by atoms with Gasteiger partial charge < -0.3 is 9.16 Å². The van der Waals surface area contributed by atoms with Gasteiger partial charge in [0.1, 0.15) is 5.75 Å². The van der Waals surface area contributed by atoms with E-state index in [0.717, 1.165) is 22.9 Å². The highest BCUT2D eigenvalue weighted by atomic mass is 79.9. The summed E-state index contributed by atoms with van der Waals surface area (Å²) in [5.74, 6) is 0.964. The minimum atomic E-state index is -2.07. The number of carbonyl (C=O) groups excluding carboxylic acids is 1. The van der Waals surface area contributed by atoms with Gasteiger partial charge in [0.15, 0.2) is 14.1 Å². The molecule has 0 heterocycles. The second kappa shape index (κ2) is 9.59. The molecule has 0 aromatic heterocycles. The van der Waals surface area contributed by atoms with Gasteiger partial charge in [-0.05, 0) is 68.4 Å². The Hall–Kier alpha value is -0.956. The van der Waals surface area contributed by atoms with Crippen LogP contribution < -0.4 is 4.74 Å². The van der Waals surface area contributed by atoms with E-state index in [0.29, 0.717) is 11.1 Å². The van der Waals surface area contributed by atoms with Crippen LogP contribution in [0.2, 0.25) is 36.3 Å². The maximum absolute atomic E-state index is 13.4. The van der Waals surface area contributed by atoms with Gasteiger partial charge >= 0.3 is 0 Å². The lowest BCUT2D eigenvalue weighted by Crippen LogP contribution is -2.46. The van der Waals surface area contributed by atoms with Crippen molar-refractivity contribution in [1.82, 2.24) is 0 Å². The number of ether oxygens (including phenoxy) is 1. The Morgan fingerprint density at radius 2 is 1.45 bits per heavy atom. The Bertz CT molecular complexity index is 932. The van der Waals surface area contributed by atoms with Crippen LogP contribution >= 0.6 is 15.9 Å². The van der Waals surface area contributed by atoms with Crippen molar-refractivity contribution in [3.63, 3.8) is 0 Å². The Balaban J connectivity index is 2.61. The number of carbonyl (C=O) groups is 1. The average Bonchev–Trinajstić information content (AvgIpc) is 2.68. The van der Waals surface area contributed by atoms with Gasteiger partial charge in [0.2, 0.25) is 0 Å². The fourth-order valence-electron chi connectivity index (χ4n) is 3.70. The third-order valence-electron chi connectivity index (χ3n) is 8.21. The number of rotatable bonds is 7. The number of benzene rings is 1. The molecule has 0 saturated carbocycles. The average molecular weight is 552 g/mol. The Morgan fingerprint density at radius 1 is 0.909 bits per heavy atom. The zero-order valence-electron chi connectivity index (χ0n) is 22.5. The molecule has 1 aromatic carbocycles. The Kier molecular flexibility index (Phi) is 8.22. The number of allylic oxidation sites excluding steroid dienone is 4. The van der Waals surface area contributed by atoms with Crippen LogP contribution in [0.5, 0.6) is 5.75 Å². The van der Waals surface area contributed by atoms with Crippen LogP contribution in [0.25, 0.3) is 0 Å². The lowest BCUT2D eigenvalue weighted by Gasteiger charge is -2.43. The molecule has 2 rings (SSSR count). The monoisotopic (exact) mass is 550 g/mol. The standard InChI is InChI=1S/C27H43BrO3Si2/c1-25(2,3)32(8,9)23-19-27(18-22(28)24(23)29,20-12-14-21(30-7)15-13-20)16-17-31-33(10,11)26(4,5)6/h12-15,18-19H,16-17H2,1-11H3. The highest BCUT2D eigenvalue weighted by Gasteiger charge is 2.46. The van der Waals surface area contributed by atoms with E-state index in [2.05, 4.69) is 108 Å². The summed E-state index contributed by atoms with van der Waals surface area (Å²) in [7, 11) is -2.27. The fourth-order valence-corrected chi connectivity index (χ4v) is 7.68. The van der Waals surface area contributed by atoms with E-state index in [1.165, 1.54) is 0 Å². The number of ketones is 1. The van der Waals surface area contributed by atoms with Crippen molar-refractivity contribution in [3.8, 4) is 5.75 Å². The molecule has 1 aliphatic carbocycles. The van der Waals surface area contributed by atoms with Gasteiger partial charge in [0, 0.05) is 12.0 Å². The molecule has 1 aromatic rings. The van der Waals surface area contributed by atoms with Crippen LogP contribution in [-0.4, -0.2) is 35.9 Å². The van der Waals surface area contributed by atoms with Crippen molar-refractivity contribution in [2.75, 3.05) is 13.7 Å². The number of methoxy groups -OCH3 is 1. The van der Waals surface area contributed by atoms with E-state index >= 15 is 0 Å². The topological polar surface area (TPSA) is 35.5 Å². The van der Waals surface area contributed by atoms with Crippen LogP contribution in [0.3, 0.4) is 0 Å². The number of hydrogen-bond acceptors (Lipinski definition) is 3. The van der Waals surface area contributed by atoms with Gasteiger partial charge in [0.05, 0.1) is 19.7 Å². The normalized spacial score (nSPS) is 20.4. The number of halogens is 1. The lowest BCUT2D eigenvalue weighted by molar-refractivity contribution is -0.111. The molecule has 0 aliphatic heterocycles. The molecule has 0 bridgehead atoms. The van der Waals surface area contributed by atoms with Crippen molar-refractivity contribution in [2.24, 2.45) is 0 Å². The van der Waals surface area contributed by atoms with Crippen molar-refractivity contribution >= 4 is 38.1 Å². The molecule has 1 atom stereocenters. The minimum absolute atomic E-state index is 0.0579. The molecule has 1 aliphatic rings. The third kappa shape index (κ3) is 5.83. The smallest absolute Gasteiger partial charge is 0.191 e. The first-order valence-electron chi connectivity index (χ1n) is 11.8. The molecule has 0 N–H and O–H groups in total. The largest absolute Gasteiger partial charge is 0.497 e.